The van der Waals surface area contributed by atoms with Gasteiger partial charge in [0, 0.05) is 29.8 Å². The highest BCUT2D eigenvalue weighted by atomic mass is 127. The summed E-state index contributed by atoms with van der Waals surface area (Å²) in [5.74, 6) is 1.69. The maximum Gasteiger partial charge on any atom is 0.191 e. The van der Waals surface area contributed by atoms with Gasteiger partial charge in [0.1, 0.15) is 0 Å². The molecular formula is C20H35IN4S. The zero-order valence-corrected chi connectivity index (χ0v) is 19.6. The van der Waals surface area contributed by atoms with E-state index >= 15 is 0 Å². The minimum absolute atomic E-state index is 0. The first kappa shape index (κ1) is 23.6. The second-order valence-corrected chi connectivity index (χ2v) is 8.26. The SMILES string of the molecule is CCNC(=NCC(C)Sc1ccccc1)NCC1CCCN(CC)C1.I. The molecule has 1 aliphatic heterocycles. The van der Waals surface area contributed by atoms with Crippen molar-refractivity contribution in [3.8, 4) is 0 Å². The van der Waals surface area contributed by atoms with Crippen LogP contribution in [0.3, 0.4) is 0 Å². The van der Waals surface area contributed by atoms with Gasteiger partial charge in [-0.2, -0.15) is 0 Å². The summed E-state index contributed by atoms with van der Waals surface area (Å²) < 4.78 is 0. The van der Waals surface area contributed by atoms with Crippen molar-refractivity contribution < 1.29 is 0 Å². The molecule has 0 aliphatic carbocycles. The molecule has 1 aromatic rings. The molecule has 4 nitrogen and oxygen atoms in total. The number of benzene rings is 1. The van der Waals surface area contributed by atoms with Gasteiger partial charge < -0.3 is 15.5 Å². The first-order valence-electron chi connectivity index (χ1n) is 9.67. The molecule has 0 aromatic heterocycles. The van der Waals surface area contributed by atoms with Crippen LogP contribution in [0.4, 0.5) is 0 Å². The second-order valence-electron chi connectivity index (χ2n) is 6.74. The summed E-state index contributed by atoms with van der Waals surface area (Å²) in [7, 11) is 0. The van der Waals surface area contributed by atoms with Crippen LogP contribution in [0.15, 0.2) is 40.2 Å². The third kappa shape index (κ3) is 8.95. The summed E-state index contributed by atoms with van der Waals surface area (Å²) in [6, 6.07) is 10.6. The molecule has 0 saturated carbocycles. The predicted octanol–water partition coefficient (Wildman–Crippen LogP) is 4.07. The van der Waals surface area contributed by atoms with Gasteiger partial charge >= 0.3 is 0 Å². The molecular weight excluding hydrogens is 455 g/mol. The van der Waals surface area contributed by atoms with E-state index in [1.165, 1.54) is 37.4 Å². The third-order valence-corrected chi connectivity index (χ3v) is 5.64. The van der Waals surface area contributed by atoms with E-state index in [9.17, 15) is 0 Å². The first-order chi connectivity index (χ1) is 12.2. The number of aliphatic imine (C=N–C) groups is 1. The average Bonchev–Trinajstić information content (AvgIpc) is 2.65. The molecule has 1 aliphatic rings. The molecule has 148 valence electrons. The van der Waals surface area contributed by atoms with E-state index in [1.807, 2.05) is 11.8 Å². The Kier molecular flexibility index (Phi) is 12.4. The molecule has 2 unspecified atom stereocenters. The molecule has 0 bridgehead atoms. The normalized spacial score (nSPS) is 19.5. The Balaban J connectivity index is 0.00000338. The maximum absolute atomic E-state index is 4.79. The van der Waals surface area contributed by atoms with Crippen molar-refractivity contribution in [1.29, 1.82) is 0 Å². The van der Waals surface area contributed by atoms with Crippen LogP contribution in [0.25, 0.3) is 0 Å². The summed E-state index contributed by atoms with van der Waals surface area (Å²) in [6.45, 7) is 13.0. The predicted molar refractivity (Wildman–Crippen MR) is 126 cm³/mol. The van der Waals surface area contributed by atoms with Gasteiger partial charge in [0.2, 0.25) is 0 Å². The highest BCUT2D eigenvalue weighted by Gasteiger charge is 2.18. The standard InChI is InChI=1S/C20H34N4S.HI/c1-4-21-20(23-15-18-10-9-13-24(5-2)16-18)22-14-17(3)25-19-11-7-6-8-12-19;/h6-8,11-12,17-18H,4-5,9-10,13-16H2,1-3H3,(H2,21,22,23);1H. The zero-order chi connectivity index (χ0) is 17.9. The summed E-state index contributed by atoms with van der Waals surface area (Å²) in [4.78, 5) is 8.66. The number of guanidine groups is 1. The molecule has 0 amide bonds. The second kappa shape index (κ2) is 13.7. The van der Waals surface area contributed by atoms with Crippen LogP contribution in [0, 0.1) is 5.92 Å². The third-order valence-electron chi connectivity index (χ3n) is 4.54. The molecule has 26 heavy (non-hydrogen) atoms. The summed E-state index contributed by atoms with van der Waals surface area (Å²) in [5.41, 5.74) is 0. The smallest absolute Gasteiger partial charge is 0.191 e. The van der Waals surface area contributed by atoms with Gasteiger partial charge in [-0.05, 0) is 50.9 Å². The van der Waals surface area contributed by atoms with Crippen LogP contribution < -0.4 is 10.6 Å². The van der Waals surface area contributed by atoms with E-state index in [-0.39, 0.29) is 24.0 Å². The van der Waals surface area contributed by atoms with Crippen molar-refractivity contribution in [2.45, 2.75) is 43.8 Å². The lowest BCUT2D eigenvalue weighted by atomic mass is 9.98. The van der Waals surface area contributed by atoms with E-state index in [4.69, 9.17) is 4.99 Å². The molecule has 0 spiro atoms. The topological polar surface area (TPSA) is 39.7 Å². The van der Waals surface area contributed by atoms with Crippen molar-refractivity contribution in [1.82, 2.24) is 15.5 Å². The Morgan fingerprint density at radius 3 is 2.73 bits per heavy atom. The fourth-order valence-electron chi connectivity index (χ4n) is 3.18. The number of piperidine rings is 1. The molecule has 2 atom stereocenters. The van der Waals surface area contributed by atoms with Crippen molar-refractivity contribution in [2.75, 3.05) is 39.3 Å². The molecule has 1 heterocycles. The van der Waals surface area contributed by atoms with Gasteiger partial charge in [0.05, 0.1) is 6.54 Å². The number of thioether (sulfide) groups is 1. The zero-order valence-electron chi connectivity index (χ0n) is 16.4. The highest BCUT2D eigenvalue weighted by Crippen LogP contribution is 2.22. The minimum atomic E-state index is 0. The molecule has 0 radical (unpaired) electrons. The monoisotopic (exact) mass is 490 g/mol. The van der Waals surface area contributed by atoms with Crippen molar-refractivity contribution in [3.05, 3.63) is 30.3 Å². The molecule has 2 N–H and O–H groups in total. The van der Waals surface area contributed by atoms with Crippen LogP contribution in [-0.4, -0.2) is 55.4 Å². The Bertz CT molecular complexity index is 512. The lowest BCUT2D eigenvalue weighted by Gasteiger charge is -2.32. The van der Waals surface area contributed by atoms with E-state index < -0.39 is 0 Å². The highest BCUT2D eigenvalue weighted by molar-refractivity contribution is 14.0. The maximum atomic E-state index is 4.79. The lowest BCUT2D eigenvalue weighted by Crippen LogP contribution is -2.44. The van der Waals surface area contributed by atoms with Gasteiger partial charge in [0.15, 0.2) is 5.96 Å². The van der Waals surface area contributed by atoms with Gasteiger partial charge in [-0.1, -0.05) is 32.0 Å². The van der Waals surface area contributed by atoms with Crippen LogP contribution in [0.5, 0.6) is 0 Å². The number of hydrogen-bond acceptors (Lipinski definition) is 3. The number of nitrogens with one attached hydrogen (secondary N) is 2. The summed E-state index contributed by atoms with van der Waals surface area (Å²) in [5, 5.41) is 7.40. The minimum Gasteiger partial charge on any atom is -0.357 e. The van der Waals surface area contributed by atoms with Gasteiger partial charge in [-0.3, -0.25) is 4.99 Å². The molecule has 6 heteroatoms. The van der Waals surface area contributed by atoms with Gasteiger partial charge in [-0.25, -0.2) is 0 Å². The quantitative estimate of drug-likeness (QED) is 0.250. The lowest BCUT2D eigenvalue weighted by molar-refractivity contribution is 0.183. The fourth-order valence-corrected chi connectivity index (χ4v) is 4.10. The number of likely N-dealkylation sites (tertiary alicyclic amines) is 1. The van der Waals surface area contributed by atoms with E-state index in [1.54, 1.807) is 0 Å². The number of rotatable bonds is 8. The average molecular weight is 490 g/mol. The van der Waals surface area contributed by atoms with E-state index in [0.717, 1.165) is 31.5 Å². The van der Waals surface area contributed by atoms with Crippen molar-refractivity contribution in [2.24, 2.45) is 10.9 Å². The van der Waals surface area contributed by atoms with Crippen LogP contribution in [0.2, 0.25) is 0 Å². The first-order valence-corrected chi connectivity index (χ1v) is 10.6. The van der Waals surface area contributed by atoms with Crippen LogP contribution in [-0.2, 0) is 0 Å². The number of nitrogens with zero attached hydrogens (tertiary/aromatic N) is 2. The summed E-state index contributed by atoms with van der Waals surface area (Å²) >= 11 is 1.88. The Labute approximate surface area is 181 Å². The Hall–Kier alpha value is -0.470. The number of halogens is 1. The largest absolute Gasteiger partial charge is 0.357 e. The Morgan fingerprint density at radius 2 is 2.04 bits per heavy atom. The van der Waals surface area contributed by atoms with Crippen LogP contribution >= 0.6 is 35.7 Å². The van der Waals surface area contributed by atoms with Gasteiger partial charge in [0.25, 0.3) is 0 Å². The molecule has 1 aromatic carbocycles. The Morgan fingerprint density at radius 1 is 1.27 bits per heavy atom. The van der Waals surface area contributed by atoms with E-state index in [0.29, 0.717) is 5.25 Å². The fraction of sp³-hybridized carbons (Fsp3) is 0.650. The molecule has 1 fully saturated rings. The van der Waals surface area contributed by atoms with Crippen LogP contribution in [0.1, 0.15) is 33.6 Å². The molecule has 1 saturated heterocycles. The number of hydrogen-bond donors (Lipinski definition) is 2. The summed E-state index contributed by atoms with van der Waals surface area (Å²) in [6.07, 6.45) is 2.64. The molecule has 2 rings (SSSR count). The van der Waals surface area contributed by atoms with Crippen molar-refractivity contribution >= 4 is 41.7 Å². The van der Waals surface area contributed by atoms with Gasteiger partial charge in [-0.15, -0.1) is 35.7 Å². The van der Waals surface area contributed by atoms with Crippen molar-refractivity contribution in [3.63, 3.8) is 0 Å². The van der Waals surface area contributed by atoms with E-state index in [2.05, 4.69) is 66.6 Å².